The molecule has 0 aliphatic heterocycles. The van der Waals surface area contributed by atoms with Gasteiger partial charge in [0.2, 0.25) is 20.0 Å². The Morgan fingerprint density at radius 2 is 1.72 bits per heavy atom. The lowest BCUT2D eigenvalue weighted by atomic mass is 10.2. The van der Waals surface area contributed by atoms with Gasteiger partial charge in [0.05, 0.1) is 23.9 Å². The van der Waals surface area contributed by atoms with Crippen molar-refractivity contribution in [2.75, 3.05) is 23.4 Å². The standard InChI is InChI=1S/C18H23N3O6S2/c1-12(2)20-29(25,26)15-8-9-17(27-3)16(11-15)19-18(22)13-6-5-7-14(10-13)21-28(4,23)24/h5-12,20-21H,1-4H3,(H,19,22). The van der Waals surface area contributed by atoms with Crippen LogP contribution in [0.4, 0.5) is 11.4 Å². The van der Waals surface area contributed by atoms with Gasteiger partial charge in [-0.2, -0.15) is 0 Å². The smallest absolute Gasteiger partial charge is 0.255 e. The minimum absolute atomic E-state index is 0.0326. The second-order valence-electron chi connectivity index (χ2n) is 6.55. The number of rotatable bonds is 8. The topological polar surface area (TPSA) is 131 Å². The molecule has 0 atom stereocenters. The number of benzene rings is 2. The molecule has 9 nitrogen and oxygen atoms in total. The van der Waals surface area contributed by atoms with E-state index in [0.717, 1.165) is 6.26 Å². The van der Waals surface area contributed by atoms with E-state index < -0.39 is 26.0 Å². The quantitative estimate of drug-likeness (QED) is 0.574. The van der Waals surface area contributed by atoms with E-state index in [-0.39, 0.29) is 33.6 Å². The molecule has 2 aromatic rings. The summed E-state index contributed by atoms with van der Waals surface area (Å²) in [6.07, 6.45) is 1.00. The molecule has 0 aliphatic carbocycles. The summed E-state index contributed by atoms with van der Waals surface area (Å²) in [4.78, 5) is 12.6. The molecule has 0 saturated carbocycles. The summed E-state index contributed by atoms with van der Waals surface area (Å²) < 4.78 is 57.5. The first kappa shape index (κ1) is 22.7. The molecular formula is C18H23N3O6S2. The molecule has 0 aliphatic rings. The van der Waals surface area contributed by atoms with Gasteiger partial charge in [-0.25, -0.2) is 21.6 Å². The van der Waals surface area contributed by atoms with Crippen LogP contribution in [0, 0.1) is 0 Å². The Bertz CT molecular complexity index is 1110. The molecule has 0 unspecified atom stereocenters. The van der Waals surface area contributed by atoms with Crippen LogP contribution < -0.4 is 19.5 Å². The highest BCUT2D eigenvalue weighted by Crippen LogP contribution is 2.28. The number of carbonyl (C=O) groups excluding carboxylic acids is 1. The van der Waals surface area contributed by atoms with Crippen molar-refractivity contribution in [3.05, 3.63) is 48.0 Å². The number of anilines is 2. The van der Waals surface area contributed by atoms with Gasteiger partial charge >= 0.3 is 0 Å². The monoisotopic (exact) mass is 441 g/mol. The minimum Gasteiger partial charge on any atom is -0.495 e. The highest BCUT2D eigenvalue weighted by Gasteiger charge is 2.19. The highest BCUT2D eigenvalue weighted by atomic mass is 32.2. The maximum Gasteiger partial charge on any atom is 0.255 e. The van der Waals surface area contributed by atoms with E-state index in [9.17, 15) is 21.6 Å². The van der Waals surface area contributed by atoms with Crippen molar-refractivity contribution in [2.45, 2.75) is 24.8 Å². The van der Waals surface area contributed by atoms with Gasteiger partial charge in [0.1, 0.15) is 5.75 Å². The molecule has 0 aromatic heterocycles. The third-order valence-corrected chi connectivity index (χ3v) is 5.81. The maximum atomic E-state index is 12.6. The van der Waals surface area contributed by atoms with Crippen molar-refractivity contribution in [1.82, 2.24) is 4.72 Å². The molecule has 0 heterocycles. The van der Waals surface area contributed by atoms with E-state index in [4.69, 9.17) is 4.74 Å². The number of hydrogen-bond acceptors (Lipinski definition) is 6. The molecule has 2 aromatic carbocycles. The average Bonchev–Trinajstić information content (AvgIpc) is 2.59. The molecule has 2 rings (SSSR count). The van der Waals surface area contributed by atoms with Gasteiger partial charge in [-0.1, -0.05) is 6.07 Å². The number of carbonyl (C=O) groups is 1. The summed E-state index contributed by atoms with van der Waals surface area (Å²) in [5.41, 5.74) is 0.560. The lowest BCUT2D eigenvalue weighted by Crippen LogP contribution is -2.30. The molecular weight excluding hydrogens is 418 g/mol. The molecule has 1 amide bonds. The summed E-state index contributed by atoms with van der Waals surface area (Å²) in [7, 11) is -5.87. The largest absolute Gasteiger partial charge is 0.495 e. The van der Waals surface area contributed by atoms with Gasteiger partial charge in [0, 0.05) is 17.3 Å². The highest BCUT2D eigenvalue weighted by molar-refractivity contribution is 7.92. The van der Waals surface area contributed by atoms with Crippen LogP contribution in [-0.4, -0.2) is 42.2 Å². The number of amides is 1. The fourth-order valence-electron chi connectivity index (χ4n) is 2.46. The summed E-state index contributed by atoms with van der Waals surface area (Å²) in [6.45, 7) is 3.39. The Balaban J connectivity index is 2.34. The fourth-order valence-corrected chi connectivity index (χ4v) is 4.29. The molecule has 0 radical (unpaired) electrons. The lowest BCUT2D eigenvalue weighted by Gasteiger charge is -2.14. The normalized spacial score (nSPS) is 11.9. The SMILES string of the molecule is COc1ccc(S(=O)(=O)NC(C)C)cc1NC(=O)c1cccc(NS(C)(=O)=O)c1. The Hall–Kier alpha value is -2.63. The molecule has 0 spiro atoms. The van der Waals surface area contributed by atoms with E-state index in [1.165, 1.54) is 49.6 Å². The van der Waals surface area contributed by atoms with E-state index in [1.807, 2.05) is 0 Å². The first-order valence-electron chi connectivity index (χ1n) is 8.51. The van der Waals surface area contributed by atoms with Gasteiger partial charge in [0.15, 0.2) is 0 Å². The fraction of sp³-hybridized carbons (Fsp3) is 0.278. The number of methoxy groups -OCH3 is 1. The van der Waals surface area contributed by atoms with Crippen LogP contribution in [0.2, 0.25) is 0 Å². The number of hydrogen-bond donors (Lipinski definition) is 3. The van der Waals surface area contributed by atoms with Crippen molar-refractivity contribution in [3.63, 3.8) is 0 Å². The Kier molecular flexibility index (Phi) is 6.88. The number of ether oxygens (including phenoxy) is 1. The molecule has 11 heteroatoms. The van der Waals surface area contributed by atoms with Gasteiger partial charge < -0.3 is 10.1 Å². The Labute approximate surface area is 170 Å². The van der Waals surface area contributed by atoms with Crippen LogP contribution in [0.15, 0.2) is 47.4 Å². The molecule has 0 saturated heterocycles. The predicted octanol–water partition coefficient (Wildman–Crippen LogP) is 2.01. The van der Waals surface area contributed by atoms with Crippen molar-refractivity contribution < 1.29 is 26.4 Å². The van der Waals surface area contributed by atoms with Crippen LogP contribution in [0.1, 0.15) is 24.2 Å². The average molecular weight is 442 g/mol. The first-order valence-corrected chi connectivity index (χ1v) is 11.9. The molecule has 0 bridgehead atoms. The van der Waals surface area contributed by atoms with Crippen LogP contribution in [0.3, 0.4) is 0 Å². The second-order valence-corrected chi connectivity index (χ2v) is 10.0. The van der Waals surface area contributed by atoms with Crippen LogP contribution in [0.25, 0.3) is 0 Å². The zero-order chi connectivity index (χ0) is 21.8. The molecule has 158 valence electrons. The Morgan fingerprint density at radius 3 is 2.31 bits per heavy atom. The third kappa shape index (κ3) is 6.44. The van der Waals surface area contributed by atoms with Crippen LogP contribution >= 0.6 is 0 Å². The first-order chi connectivity index (χ1) is 13.4. The summed E-state index contributed by atoms with van der Waals surface area (Å²) in [5.74, 6) is -0.293. The van der Waals surface area contributed by atoms with Crippen molar-refractivity contribution >= 4 is 37.3 Å². The van der Waals surface area contributed by atoms with Crippen LogP contribution in [-0.2, 0) is 20.0 Å². The van der Waals surface area contributed by atoms with Crippen LogP contribution in [0.5, 0.6) is 5.75 Å². The zero-order valence-corrected chi connectivity index (χ0v) is 18.0. The second kappa shape index (κ2) is 8.80. The molecule has 29 heavy (non-hydrogen) atoms. The summed E-state index contributed by atoms with van der Waals surface area (Å²) in [6, 6.07) is 9.68. The zero-order valence-electron chi connectivity index (χ0n) is 16.4. The van der Waals surface area contributed by atoms with E-state index in [1.54, 1.807) is 13.8 Å². The Morgan fingerprint density at radius 1 is 1.03 bits per heavy atom. The minimum atomic E-state index is -3.77. The number of sulfonamides is 2. The molecule has 0 fully saturated rings. The summed E-state index contributed by atoms with van der Waals surface area (Å²) >= 11 is 0. The van der Waals surface area contributed by atoms with E-state index in [2.05, 4.69) is 14.8 Å². The van der Waals surface area contributed by atoms with Gasteiger partial charge in [0.25, 0.3) is 5.91 Å². The van der Waals surface area contributed by atoms with E-state index in [0.29, 0.717) is 0 Å². The lowest BCUT2D eigenvalue weighted by molar-refractivity contribution is 0.102. The van der Waals surface area contributed by atoms with Crippen molar-refractivity contribution in [1.29, 1.82) is 0 Å². The number of nitrogens with one attached hydrogen (secondary N) is 3. The predicted molar refractivity (Wildman–Crippen MR) is 111 cm³/mol. The summed E-state index contributed by atoms with van der Waals surface area (Å²) in [5, 5.41) is 2.60. The van der Waals surface area contributed by atoms with Crippen molar-refractivity contribution in [3.8, 4) is 5.75 Å². The van der Waals surface area contributed by atoms with E-state index >= 15 is 0 Å². The van der Waals surface area contributed by atoms with Gasteiger partial charge in [-0.15, -0.1) is 0 Å². The molecule has 3 N–H and O–H groups in total. The van der Waals surface area contributed by atoms with Gasteiger partial charge in [-0.3, -0.25) is 9.52 Å². The van der Waals surface area contributed by atoms with Gasteiger partial charge in [-0.05, 0) is 50.2 Å². The maximum absolute atomic E-state index is 12.6. The third-order valence-electron chi connectivity index (χ3n) is 3.55. The van der Waals surface area contributed by atoms with Crippen molar-refractivity contribution in [2.24, 2.45) is 0 Å².